The van der Waals surface area contributed by atoms with E-state index in [4.69, 9.17) is 14.2 Å². The molecule has 29 heavy (non-hydrogen) atoms. The van der Waals surface area contributed by atoms with Gasteiger partial charge in [0.15, 0.2) is 11.6 Å². The third-order valence-corrected chi connectivity index (χ3v) is 6.62. The molecule has 2 aromatic carbocycles. The second-order valence-corrected chi connectivity index (χ2v) is 8.53. The van der Waals surface area contributed by atoms with E-state index >= 15 is 0 Å². The SMILES string of the molecule is COC(=O)C1CC(Oc2ccccc2F)CN1S(=O)(=O)c1cc(C)ccc1OC. The molecular weight excluding hydrogens is 401 g/mol. The van der Waals surface area contributed by atoms with Crippen molar-refractivity contribution in [3.8, 4) is 11.5 Å². The molecule has 9 heteroatoms. The highest BCUT2D eigenvalue weighted by Crippen LogP contribution is 2.34. The summed E-state index contributed by atoms with van der Waals surface area (Å²) in [6, 6.07) is 9.49. The van der Waals surface area contributed by atoms with Crippen LogP contribution in [-0.2, 0) is 19.6 Å². The van der Waals surface area contributed by atoms with E-state index in [9.17, 15) is 17.6 Å². The summed E-state index contributed by atoms with van der Waals surface area (Å²) in [6.07, 6.45) is -0.685. The molecule has 1 aliphatic rings. The summed E-state index contributed by atoms with van der Waals surface area (Å²) in [6.45, 7) is 1.62. The number of hydrogen-bond acceptors (Lipinski definition) is 6. The number of para-hydroxylation sites is 1. The minimum Gasteiger partial charge on any atom is -0.495 e. The van der Waals surface area contributed by atoms with E-state index < -0.39 is 34.0 Å². The third kappa shape index (κ3) is 4.20. The number of carbonyl (C=O) groups is 1. The van der Waals surface area contributed by atoms with Crippen molar-refractivity contribution < 1.29 is 31.8 Å². The smallest absolute Gasteiger partial charge is 0.324 e. The van der Waals surface area contributed by atoms with Crippen LogP contribution in [0.3, 0.4) is 0 Å². The van der Waals surface area contributed by atoms with Gasteiger partial charge >= 0.3 is 5.97 Å². The minimum atomic E-state index is -4.11. The first-order valence-electron chi connectivity index (χ1n) is 8.93. The highest BCUT2D eigenvalue weighted by molar-refractivity contribution is 7.89. The second kappa shape index (κ2) is 8.38. The zero-order valence-electron chi connectivity index (χ0n) is 16.3. The number of hydrogen-bond donors (Lipinski definition) is 0. The van der Waals surface area contributed by atoms with Crippen LogP contribution in [0.1, 0.15) is 12.0 Å². The Morgan fingerprint density at radius 1 is 1.14 bits per heavy atom. The highest BCUT2D eigenvalue weighted by Gasteiger charge is 2.46. The van der Waals surface area contributed by atoms with Gasteiger partial charge in [0.05, 0.1) is 20.8 Å². The van der Waals surface area contributed by atoms with Gasteiger partial charge in [-0.3, -0.25) is 4.79 Å². The molecule has 7 nitrogen and oxygen atoms in total. The zero-order chi connectivity index (χ0) is 21.2. The molecule has 0 radical (unpaired) electrons. The largest absolute Gasteiger partial charge is 0.495 e. The van der Waals surface area contributed by atoms with E-state index in [2.05, 4.69) is 0 Å². The Bertz CT molecular complexity index is 1010. The normalized spacial score (nSPS) is 19.7. The molecule has 0 saturated carbocycles. The summed E-state index contributed by atoms with van der Waals surface area (Å²) >= 11 is 0. The van der Waals surface area contributed by atoms with Crippen LogP contribution < -0.4 is 9.47 Å². The van der Waals surface area contributed by atoms with Crippen LogP contribution in [0.25, 0.3) is 0 Å². The molecule has 0 N–H and O–H groups in total. The predicted octanol–water partition coefficient (Wildman–Crippen LogP) is 2.53. The molecule has 2 atom stereocenters. The van der Waals surface area contributed by atoms with E-state index in [0.29, 0.717) is 0 Å². The Balaban J connectivity index is 1.96. The van der Waals surface area contributed by atoms with Crippen LogP contribution in [0.4, 0.5) is 4.39 Å². The van der Waals surface area contributed by atoms with Gasteiger partial charge in [0.1, 0.15) is 22.8 Å². The van der Waals surface area contributed by atoms with Crippen molar-refractivity contribution in [1.29, 1.82) is 0 Å². The van der Waals surface area contributed by atoms with Crippen LogP contribution in [0.5, 0.6) is 11.5 Å². The van der Waals surface area contributed by atoms with Crippen molar-refractivity contribution in [2.24, 2.45) is 0 Å². The Morgan fingerprint density at radius 2 is 1.86 bits per heavy atom. The maximum absolute atomic E-state index is 13.9. The summed E-state index contributed by atoms with van der Waals surface area (Å²) < 4.78 is 57.4. The topological polar surface area (TPSA) is 82.1 Å². The van der Waals surface area contributed by atoms with Crippen LogP contribution in [-0.4, -0.2) is 51.6 Å². The fourth-order valence-corrected chi connectivity index (χ4v) is 5.16. The Morgan fingerprint density at radius 3 is 2.52 bits per heavy atom. The fraction of sp³-hybridized carbons (Fsp3) is 0.350. The second-order valence-electron chi connectivity index (χ2n) is 6.67. The highest BCUT2D eigenvalue weighted by atomic mass is 32.2. The van der Waals surface area contributed by atoms with Crippen LogP contribution in [0, 0.1) is 12.7 Å². The van der Waals surface area contributed by atoms with Crippen LogP contribution in [0.15, 0.2) is 47.4 Å². The molecule has 2 aromatic rings. The maximum atomic E-state index is 13.9. The summed E-state index contributed by atoms with van der Waals surface area (Å²) in [5, 5.41) is 0. The van der Waals surface area contributed by atoms with Gasteiger partial charge in [-0.2, -0.15) is 4.31 Å². The van der Waals surface area contributed by atoms with E-state index in [1.807, 2.05) is 0 Å². The molecule has 0 bridgehead atoms. The number of benzene rings is 2. The molecule has 0 aromatic heterocycles. The van der Waals surface area contributed by atoms with Crippen LogP contribution in [0.2, 0.25) is 0 Å². The van der Waals surface area contributed by atoms with Crippen molar-refractivity contribution in [2.45, 2.75) is 30.4 Å². The lowest BCUT2D eigenvalue weighted by Crippen LogP contribution is -2.41. The number of esters is 1. The van der Waals surface area contributed by atoms with Gasteiger partial charge in [0.2, 0.25) is 10.0 Å². The first kappa shape index (κ1) is 21.1. The lowest BCUT2D eigenvalue weighted by atomic mass is 10.2. The molecular formula is C20H22FNO6S. The van der Waals surface area contributed by atoms with E-state index in [-0.39, 0.29) is 29.4 Å². The average Bonchev–Trinajstić information content (AvgIpc) is 3.14. The number of nitrogens with zero attached hydrogens (tertiary/aromatic N) is 1. The molecule has 2 unspecified atom stereocenters. The number of methoxy groups -OCH3 is 2. The number of sulfonamides is 1. The molecule has 0 spiro atoms. The molecule has 0 amide bonds. The number of halogens is 1. The molecule has 1 heterocycles. The Kier molecular flexibility index (Phi) is 6.09. The van der Waals surface area contributed by atoms with E-state index in [1.54, 1.807) is 25.1 Å². The standard InChI is InChI=1S/C20H22FNO6S/c1-13-8-9-18(26-2)19(10-13)29(24,25)22-12-14(11-16(22)20(23)27-3)28-17-7-5-4-6-15(17)21/h4-10,14,16H,11-12H2,1-3H3. The summed E-state index contributed by atoms with van der Waals surface area (Å²) in [4.78, 5) is 12.2. The Hall–Kier alpha value is -2.65. The molecule has 3 rings (SSSR count). The van der Waals surface area contributed by atoms with Crippen molar-refractivity contribution in [3.63, 3.8) is 0 Å². The number of aryl methyl sites for hydroxylation is 1. The Labute approximate surface area is 169 Å². The van der Waals surface area contributed by atoms with Gasteiger partial charge < -0.3 is 14.2 Å². The third-order valence-electron chi connectivity index (χ3n) is 4.73. The van der Waals surface area contributed by atoms with E-state index in [1.165, 1.54) is 38.5 Å². The summed E-state index contributed by atoms with van der Waals surface area (Å²) in [5.74, 6) is -1.12. The first-order chi connectivity index (χ1) is 13.8. The lowest BCUT2D eigenvalue weighted by molar-refractivity contribution is -0.144. The minimum absolute atomic E-state index is 0.00602. The van der Waals surface area contributed by atoms with Crippen LogP contribution >= 0.6 is 0 Å². The fourth-order valence-electron chi connectivity index (χ4n) is 3.30. The van der Waals surface area contributed by atoms with Crippen molar-refractivity contribution >= 4 is 16.0 Å². The van der Waals surface area contributed by atoms with Crippen molar-refractivity contribution in [2.75, 3.05) is 20.8 Å². The van der Waals surface area contributed by atoms with Crippen molar-refractivity contribution in [1.82, 2.24) is 4.31 Å². The van der Waals surface area contributed by atoms with Gasteiger partial charge in [-0.05, 0) is 36.8 Å². The average molecular weight is 423 g/mol. The van der Waals surface area contributed by atoms with Gasteiger partial charge in [-0.15, -0.1) is 0 Å². The summed E-state index contributed by atoms with van der Waals surface area (Å²) in [5.41, 5.74) is 0.720. The molecule has 0 aliphatic carbocycles. The summed E-state index contributed by atoms with van der Waals surface area (Å²) in [7, 11) is -1.55. The number of ether oxygens (including phenoxy) is 3. The first-order valence-corrected chi connectivity index (χ1v) is 10.4. The molecule has 1 fully saturated rings. The maximum Gasteiger partial charge on any atom is 0.324 e. The van der Waals surface area contributed by atoms with Gasteiger partial charge in [0, 0.05) is 6.42 Å². The molecule has 1 saturated heterocycles. The van der Waals surface area contributed by atoms with Gasteiger partial charge in [0.25, 0.3) is 0 Å². The predicted molar refractivity (Wildman–Crippen MR) is 103 cm³/mol. The monoisotopic (exact) mass is 423 g/mol. The van der Waals surface area contributed by atoms with Gasteiger partial charge in [-0.25, -0.2) is 12.8 Å². The number of rotatable bonds is 6. The van der Waals surface area contributed by atoms with E-state index in [0.717, 1.165) is 9.87 Å². The van der Waals surface area contributed by atoms with Gasteiger partial charge in [-0.1, -0.05) is 18.2 Å². The number of carbonyl (C=O) groups excluding carboxylic acids is 1. The lowest BCUT2D eigenvalue weighted by Gasteiger charge is -2.23. The molecule has 156 valence electrons. The molecule has 1 aliphatic heterocycles. The quantitative estimate of drug-likeness (QED) is 0.664. The zero-order valence-corrected chi connectivity index (χ0v) is 17.1. The van der Waals surface area contributed by atoms with Crippen molar-refractivity contribution in [3.05, 3.63) is 53.8 Å².